The quantitative estimate of drug-likeness (QED) is 0.144. The van der Waals surface area contributed by atoms with Crippen molar-refractivity contribution in [2.24, 2.45) is 0 Å². The van der Waals surface area contributed by atoms with Crippen molar-refractivity contribution in [1.29, 1.82) is 0 Å². The number of ether oxygens (including phenoxy) is 3. The summed E-state index contributed by atoms with van der Waals surface area (Å²) >= 11 is 0. The van der Waals surface area contributed by atoms with E-state index in [2.05, 4.69) is 0 Å². The first-order chi connectivity index (χ1) is 17.0. The van der Waals surface area contributed by atoms with Crippen LogP contribution in [0.4, 0.5) is 0 Å². The van der Waals surface area contributed by atoms with Crippen molar-refractivity contribution in [2.45, 2.75) is 12.8 Å². The molecule has 0 aromatic heterocycles. The van der Waals surface area contributed by atoms with Crippen molar-refractivity contribution in [1.82, 2.24) is 0 Å². The maximum Gasteiger partial charge on any atom is 0.237 e. The minimum absolute atomic E-state index is 0.0291. The second kappa shape index (κ2) is 10.2. The van der Waals surface area contributed by atoms with Gasteiger partial charge in [-0.2, -0.15) is 0 Å². The van der Waals surface area contributed by atoms with Crippen LogP contribution in [0.2, 0.25) is 0 Å². The Morgan fingerprint density at radius 2 is 1.08 bits per heavy atom. The van der Waals surface area contributed by atoms with Crippen molar-refractivity contribution in [2.75, 3.05) is 21.3 Å². The molecule has 190 valence electrons. The zero-order valence-corrected chi connectivity index (χ0v) is 19.5. The van der Waals surface area contributed by atoms with Crippen LogP contribution in [0.5, 0.6) is 51.7 Å². The molecule has 11 nitrogen and oxygen atoms in total. The van der Waals surface area contributed by atoms with Gasteiger partial charge in [-0.05, 0) is 54.3 Å². The van der Waals surface area contributed by atoms with Crippen LogP contribution >= 0.6 is 0 Å². The van der Waals surface area contributed by atoms with Crippen LogP contribution in [0.15, 0.2) is 30.3 Å². The summed E-state index contributed by atoms with van der Waals surface area (Å²) in [5, 5.41) is 58.1. The zero-order chi connectivity index (χ0) is 26.7. The van der Waals surface area contributed by atoms with Crippen LogP contribution < -0.4 is 14.2 Å². The van der Waals surface area contributed by atoms with Crippen LogP contribution in [0, 0.1) is 0 Å². The van der Waals surface area contributed by atoms with E-state index in [1.807, 2.05) is 0 Å². The highest BCUT2D eigenvalue weighted by Crippen LogP contribution is 2.44. The molecule has 3 aromatic carbocycles. The highest BCUT2D eigenvalue weighted by atomic mass is 16.5. The lowest BCUT2D eigenvalue weighted by molar-refractivity contribution is 0.0814. The Morgan fingerprint density at radius 1 is 0.611 bits per heavy atom. The number of benzene rings is 3. The minimum Gasteiger partial charge on any atom is -0.504 e. The van der Waals surface area contributed by atoms with Crippen molar-refractivity contribution >= 4 is 11.6 Å². The SMILES string of the molecule is COc1c(CCc2cc(O)c(O)c(O)c2)cc(C(=O)C(=O)c2cc(O)c(O)c(O)c2)c(OC)c1OC. The van der Waals surface area contributed by atoms with E-state index in [1.54, 1.807) is 0 Å². The first-order valence-electron chi connectivity index (χ1n) is 10.4. The number of phenolic OH excluding ortho intramolecular Hbond substituents is 6. The number of rotatable bonds is 9. The third-order valence-electron chi connectivity index (χ3n) is 5.47. The van der Waals surface area contributed by atoms with Crippen LogP contribution in [0.3, 0.4) is 0 Å². The predicted molar refractivity (Wildman–Crippen MR) is 125 cm³/mol. The van der Waals surface area contributed by atoms with Gasteiger partial charge in [0.1, 0.15) is 0 Å². The lowest BCUT2D eigenvalue weighted by Gasteiger charge is -2.19. The maximum absolute atomic E-state index is 13.2. The number of carbonyl (C=O) groups is 2. The van der Waals surface area contributed by atoms with E-state index in [0.717, 1.165) is 12.1 Å². The molecule has 0 aliphatic rings. The number of aryl methyl sites for hydroxylation is 2. The molecule has 0 fully saturated rings. The van der Waals surface area contributed by atoms with E-state index in [1.165, 1.54) is 39.5 Å². The molecule has 6 N–H and O–H groups in total. The number of aromatic hydroxyl groups is 6. The van der Waals surface area contributed by atoms with Crippen LogP contribution in [0.25, 0.3) is 0 Å². The Kier molecular flexibility index (Phi) is 7.33. The molecule has 0 heterocycles. The summed E-state index contributed by atoms with van der Waals surface area (Å²) in [6, 6.07) is 5.57. The van der Waals surface area contributed by atoms with E-state index >= 15 is 0 Å². The second-order valence-electron chi connectivity index (χ2n) is 7.69. The number of hydrogen-bond acceptors (Lipinski definition) is 11. The summed E-state index contributed by atoms with van der Waals surface area (Å²) in [6.07, 6.45) is 0.400. The van der Waals surface area contributed by atoms with Crippen molar-refractivity contribution < 1.29 is 54.4 Å². The smallest absolute Gasteiger partial charge is 0.237 e. The van der Waals surface area contributed by atoms with Gasteiger partial charge in [-0.3, -0.25) is 9.59 Å². The summed E-state index contributed by atoms with van der Waals surface area (Å²) in [4.78, 5) is 26.1. The van der Waals surface area contributed by atoms with E-state index in [4.69, 9.17) is 14.2 Å². The molecule has 11 heteroatoms. The zero-order valence-electron chi connectivity index (χ0n) is 19.5. The fraction of sp³-hybridized carbons (Fsp3) is 0.200. The van der Waals surface area contributed by atoms with Gasteiger partial charge in [0.15, 0.2) is 46.0 Å². The van der Waals surface area contributed by atoms with E-state index < -0.39 is 46.1 Å². The Bertz CT molecular complexity index is 1300. The second-order valence-corrected chi connectivity index (χ2v) is 7.69. The van der Waals surface area contributed by atoms with Gasteiger partial charge in [0.05, 0.1) is 26.9 Å². The van der Waals surface area contributed by atoms with Crippen LogP contribution in [-0.4, -0.2) is 63.5 Å². The number of carbonyl (C=O) groups excluding carboxylic acids is 2. The molecule has 0 atom stereocenters. The third kappa shape index (κ3) is 4.71. The van der Waals surface area contributed by atoms with Gasteiger partial charge in [-0.1, -0.05) is 0 Å². The Balaban J connectivity index is 2.07. The van der Waals surface area contributed by atoms with Gasteiger partial charge in [-0.15, -0.1) is 0 Å². The van der Waals surface area contributed by atoms with Gasteiger partial charge in [0, 0.05) is 5.56 Å². The molecular weight excluding hydrogens is 476 g/mol. The van der Waals surface area contributed by atoms with Gasteiger partial charge in [-0.25, -0.2) is 0 Å². The Hall–Kier alpha value is -4.80. The molecule has 0 unspecified atom stereocenters. The van der Waals surface area contributed by atoms with E-state index in [0.29, 0.717) is 11.1 Å². The van der Waals surface area contributed by atoms with Crippen LogP contribution in [0.1, 0.15) is 31.8 Å². The fourth-order valence-electron chi connectivity index (χ4n) is 3.72. The lowest BCUT2D eigenvalue weighted by atomic mass is 9.95. The number of Topliss-reactive ketones (excluding diaryl/α,β-unsaturated/α-hetero) is 2. The molecule has 0 spiro atoms. The highest BCUT2D eigenvalue weighted by Gasteiger charge is 2.29. The molecule has 0 saturated carbocycles. The largest absolute Gasteiger partial charge is 0.504 e. The average molecular weight is 500 g/mol. The van der Waals surface area contributed by atoms with Gasteiger partial charge >= 0.3 is 0 Å². The summed E-state index contributed by atoms with van der Waals surface area (Å²) in [6.45, 7) is 0. The number of hydrogen-bond donors (Lipinski definition) is 6. The topological polar surface area (TPSA) is 183 Å². The molecule has 0 aliphatic heterocycles. The monoisotopic (exact) mass is 500 g/mol. The average Bonchev–Trinajstić information content (AvgIpc) is 2.86. The maximum atomic E-state index is 13.2. The highest BCUT2D eigenvalue weighted by molar-refractivity contribution is 6.50. The predicted octanol–water partition coefficient (Wildman–Crippen LogP) is 2.80. The summed E-state index contributed by atoms with van der Waals surface area (Å²) in [7, 11) is 3.94. The normalized spacial score (nSPS) is 10.6. The Morgan fingerprint density at radius 3 is 1.56 bits per heavy atom. The molecule has 36 heavy (non-hydrogen) atoms. The fourth-order valence-corrected chi connectivity index (χ4v) is 3.72. The summed E-state index contributed by atoms with van der Waals surface area (Å²) in [5.41, 5.74) is 0.299. The lowest BCUT2D eigenvalue weighted by Crippen LogP contribution is -2.17. The molecular formula is C25H24O11. The van der Waals surface area contributed by atoms with E-state index in [9.17, 15) is 40.2 Å². The molecule has 3 aromatic rings. The van der Waals surface area contributed by atoms with E-state index in [-0.39, 0.29) is 41.2 Å². The van der Waals surface area contributed by atoms with Crippen molar-refractivity contribution in [3.8, 4) is 51.7 Å². The standard InChI is InChI=1S/C25H24O11/c1-34-23-12(5-4-11-6-15(26)21(32)16(27)7-11)8-14(24(35-2)25(23)36-3)20(31)19(30)13-9-17(28)22(33)18(29)10-13/h6-10,26-29,32-33H,4-5H2,1-3H3. The van der Waals surface area contributed by atoms with Crippen molar-refractivity contribution in [3.05, 3.63) is 52.6 Å². The first-order valence-corrected chi connectivity index (χ1v) is 10.4. The number of ketones is 2. The van der Waals surface area contributed by atoms with Gasteiger partial charge in [0.2, 0.25) is 17.3 Å². The minimum atomic E-state index is -1.11. The summed E-state index contributed by atoms with van der Waals surface area (Å²) < 4.78 is 16.2. The van der Waals surface area contributed by atoms with Crippen LogP contribution in [-0.2, 0) is 12.8 Å². The molecule has 0 bridgehead atoms. The van der Waals surface area contributed by atoms with Gasteiger partial charge in [0.25, 0.3) is 0 Å². The first kappa shape index (κ1) is 25.8. The molecule has 0 radical (unpaired) electrons. The molecule has 0 aliphatic carbocycles. The third-order valence-corrected chi connectivity index (χ3v) is 5.47. The van der Waals surface area contributed by atoms with Gasteiger partial charge < -0.3 is 44.8 Å². The Labute approximate surface area is 205 Å². The molecule has 0 amide bonds. The summed E-state index contributed by atoms with van der Waals surface area (Å²) in [5.74, 6) is -6.09. The number of methoxy groups -OCH3 is 3. The molecule has 3 rings (SSSR count). The van der Waals surface area contributed by atoms with Crippen molar-refractivity contribution in [3.63, 3.8) is 0 Å². The number of phenols is 6. The molecule has 0 saturated heterocycles.